The van der Waals surface area contributed by atoms with Gasteiger partial charge in [-0.2, -0.15) is 0 Å². The SMILES string of the molecule is COC(=O)c1cc(OC)cc(Oc2ccccc2)c1. The van der Waals surface area contributed by atoms with Crippen LogP contribution in [0, 0.1) is 0 Å². The normalized spacial score (nSPS) is 9.79. The summed E-state index contributed by atoms with van der Waals surface area (Å²) in [7, 11) is 2.86. The molecule has 0 amide bonds. The van der Waals surface area contributed by atoms with Crippen LogP contribution in [-0.4, -0.2) is 20.2 Å². The Labute approximate surface area is 111 Å². The van der Waals surface area contributed by atoms with Crippen LogP contribution < -0.4 is 9.47 Å². The monoisotopic (exact) mass is 258 g/mol. The summed E-state index contributed by atoms with van der Waals surface area (Å²) >= 11 is 0. The van der Waals surface area contributed by atoms with Gasteiger partial charge in [0.25, 0.3) is 0 Å². The van der Waals surface area contributed by atoms with E-state index in [1.165, 1.54) is 14.2 Å². The van der Waals surface area contributed by atoms with Gasteiger partial charge in [0.05, 0.1) is 19.8 Å². The third-order valence-electron chi connectivity index (χ3n) is 2.52. The number of carbonyl (C=O) groups is 1. The molecule has 0 unspecified atom stereocenters. The van der Waals surface area contributed by atoms with E-state index in [2.05, 4.69) is 0 Å². The molecular formula is C15H14O4. The first-order valence-electron chi connectivity index (χ1n) is 5.73. The number of ether oxygens (including phenoxy) is 3. The number of esters is 1. The summed E-state index contributed by atoms with van der Waals surface area (Å²) in [5.41, 5.74) is 0.382. The molecule has 0 aromatic heterocycles. The molecule has 0 fully saturated rings. The van der Waals surface area contributed by atoms with Gasteiger partial charge in [-0.25, -0.2) is 4.79 Å². The van der Waals surface area contributed by atoms with Crippen molar-refractivity contribution in [3.63, 3.8) is 0 Å². The lowest BCUT2D eigenvalue weighted by molar-refractivity contribution is 0.0600. The van der Waals surface area contributed by atoms with E-state index >= 15 is 0 Å². The second-order valence-electron chi connectivity index (χ2n) is 3.80. The van der Waals surface area contributed by atoms with Gasteiger partial charge in [0, 0.05) is 6.07 Å². The average molecular weight is 258 g/mol. The van der Waals surface area contributed by atoms with Crippen LogP contribution in [0.4, 0.5) is 0 Å². The lowest BCUT2D eigenvalue weighted by atomic mass is 10.2. The minimum atomic E-state index is -0.434. The topological polar surface area (TPSA) is 44.8 Å². The molecule has 0 saturated heterocycles. The molecular weight excluding hydrogens is 244 g/mol. The quantitative estimate of drug-likeness (QED) is 0.789. The van der Waals surface area contributed by atoms with E-state index in [0.29, 0.717) is 22.8 Å². The summed E-state index contributed by atoms with van der Waals surface area (Å²) in [6, 6.07) is 14.2. The van der Waals surface area contributed by atoms with Gasteiger partial charge < -0.3 is 14.2 Å². The van der Waals surface area contributed by atoms with Crippen molar-refractivity contribution >= 4 is 5.97 Å². The van der Waals surface area contributed by atoms with Crippen LogP contribution in [0.25, 0.3) is 0 Å². The van der Waals surface area contributed by atoms with E-state index in [-0.39, 0.29) is 0 Å². The number of hydrogen-bond donors (Lipinski definition) is 0. The van der Waals surface area contributed by atoms with Crippen LogP contribution in [-0.2, 0) is 4.74 Å². The van der Waals surface area contributed by atoms with E-state index in [1.807, 2.05) is 30.3 Å². The molecule has 98 valence electrons. The predicted molar refractivity (Wildman–Crippen MR) is 70.8 cm³/mol. The molecule has 4 heteroatoms. The number of hydrogen-bond acceptors (Lipinski definition) is 4. The summed E-state index contributed by atoms with van der Waals surface area (Å²) in [4.78, 5) is 11.6. The zero-order valence-corrected chi connectivity index (χ0v) is 10.8. The standard InChI is InChI=1S/C15H14O4/c1-17-13-8-11(15(16)18-2)9-14(10-13)19-12-6-4-3-5-7-12/h3-10H,1-2H3. The molecule has 2 aromatic carbocycles. The maximum atomic E-state index is 11.6. The summed E-state index contributed by atoms with van der Waals surface area (Å²) in [6.07, 6.45) is 0. The first-order valence-corrected chi connectivity index (χ1v) is 5.73. The van der Waals surface area contributed by atoms with Crippen LogP contribution in [0.3, 0.4) is 0 Å². The van der Waals surface area contributed by atoms with Gasteiger partial charge in [0.2, 0.25) is 0 Å². The van der Waals surface area contributed by atoms with Crippen molar-refractivity contribution in [2.24, 2.45) is 0 Å². The molecule has 0 aliphatic carbocycles. The number of rotatable bonds is 4. The number of benzene rings is 2. The van der Waals surface area contributed by atoms with Gasteiger partial charge in [-0.15, -0.1) is 0 Å². The summed E-state index contributed by atoms with van der Waals surface area (Å²) in [5, 5.41) is 0. The van der Waals surface area contributed by atoms with Gasteiger partial charge in [-0.3, -0.25) is 0 Å². The highest BCUT2D eigenvalue weighted by Crippen LogP contribution is 2.27. The molecule has 19 heavy (non-hydrogen) atoms. The molecule has 2 rings (SSSR count). The third kappa shape index (κ3) is 3.25. The minimum Gasteiger partial charge on any atom is -0.497 e. The summed E-state index contributed by atoms with van der Waals surface area (Å²) in [5.74, 6) is 1.31. The molecule has 0 bridgehead atoms. The molecule has 0 radical (unpaired) electrons. The first kappa shape index (κ1) is 13.0. The Bertz CT molecular complexity index is 564. The van der Waals surface area contributed by atoms with Crippen LogP contribution in [0.5, 0.6) is 17.2 Å². The van der Waals surface area contributed by atoms with Crippen molar-refractivity contribution in [2.45, 2.75) is 0 Å². The van der Waals surface area contributed by atoms with Crippen LogP contribution >= 0.6 is 0 Å². The van der Waals surface area contributed by atoms with E-state index in [4.69, 9.17) is 14.2 Å². The van der Waals surface area contributed by atoms with Gasteiger partial charge >= 0.3 is 5.97 Å². The Morgan fingerprint density at radius 2 is 1.58 bits per heavy atom. The van der Waals surface area contributed by atoms with Crippen LogP contribution in [0.2, 0.25) is 0 Å². The van der Waals surface area contributed by atoms with Crippen LogP contribution in [0.15, 0.2) is 48.5 Å². The Morgan fingerprint density at radius 3 is 2.21 bits per heavy atom. The Kier molecular flexibility index (Phi) is 4.03. The highest BCUT2D eigenvalue weighted by molar-refractivity contribution is 5.90. The van der Waals surface area contributed by atoms with Gasteiger partial charge in [0.15, 0.2) is 0 Å². The van der Waals surface area contributed by atoms with Crippen molar-refractivity contribution in [1.82, 2.24) is 0 Å². The molecule has 0 aliphatic heterocycles. The number of methoxy groups -OCH3 is 2. The molecule has 0 N–H and O–H groups in total. The second kappa shape index (κ2) is 5.91. The summed E-state index contributed by atoms with van der Waals surface area (Å²) in [6.45, 7) is 0. The maximum Gasteiger partial charge on any atom is 0.338 e. The van der Waals surface area contributed by atoms with Crippen molar-refractivity contribution < 1.29 is 19.0 Å². The van der Waals surface area contributed by atoms with E-state index in [1.54, 1.807) is 18.2 Å². The fourth-order valence-electron chi connectivity index (χ4n) is 1.61. The van der Waals surface area contributed by atoms with E-state index in [0.717, 1.165) is 0 Å². The smallest absolute Gasteiger partial charge is 0.338 e. The molecule has 2 aromatic rings. The zero-order chi connectivity index (χ0) is 13.7. The lowest BCUT2D eigenvalue weighted by Gasteiger charge is -2.09. The van der Waals surface area contributed by atoms with E-state index < -0.39 is 5.97 Å². The predicted octanol–water partition coefficient (Wildman–Crippen LogP) is 3.27. The minimum absolute atomic E-state index is 0.382. The molecule has 4 nitrogen and oxygen atoms in total. The zero-order valence-electron chi connectivity index (χ0n) is 10.8. The largest absolute Gasteiger partial charge is 0.497 e. The number of carbonyl (C=O) groups excluding carboxylic acids is 1. The molecule has 0 spiro atoms. The third-order valence-corrected chi connectivity index (χ3v) is 2.52. The lowest BCUT2D eigenvalue weighted by Crippen LogP contribution is -2.02. The fraction of sp³-hybridized carbons (Fsp3) is 0.133. The highest BCUT2D eigenvalue weighted by atomic mass is 16.5. The van der Waals surface area contributed by atoms with Gasteiger partial charge in [-0.05, 0) is 24.3 Å². The van der Waals surface area contributed by atoms with Crippen molar-refractivity contribution in [2.75, 3.05) is 14.2 Å². The Balaban J connectivity index is 2.32. The van der Waals surface area contributed by atoms with Crippen molar-refractivity contribution in [3.05, 3.63) is 54.1 Å². The van der Waals surface area contributed by atoms with Crippen LogP contribution in [0.1, 0.15) is 10.4 Å². The Hall–Kier alpha value is -2.49. The molecule has 0 saturated carbocycles. The fourth-order valence-corrected chi connectivity index (χ4v) is 1.61. The van der Waals surface area contributed by atoms with Crippen molar-refractivity contribution in [1.29, 1.82) is 0 Å². The molecule has 0 aliphatic rings. The molecule has 0 heterocycles. The Morgan fingerprint density at radius 1 is 0.895 bits per heavy atom. The first-order chi connectivity index (χ1) is 9.22. The second-order valence-corrected chi connectivity index (χ2v) is 3.80. The van der Waals surface area contributed by atoms with Gasteiger partial charge in [-0.1, -0.05) is 18.2 Å². The van der Waals surface area contributed by atoms with Gasteiger partial charge in [0.1, 0.15) is 17.2 Å². The average Bonchev–Trinajstić information content (AvgIpc) is 2.47. The highest BCUT2D eigenvalue weighted by Gasteiger charge is 2.10. The maximum absolute atomic E-state index is 11.6. The van der Waals surface area contributed by atoms with Crippen molar-refractivity contribution in [3.8, 4) is 17.2 Å². The molecule has 0 atom stereocenters. The summed E-state index contributed by atoms with van der Waals surface area (Å²) < 4.78 is 15.5. The number of para-hydroxylation sites is 1. The van der Waals surface area contributed by atoms with E-state index in [9.17, 15) is 4.79 Å².